The summed E-state index contributed by atoms with van der Waals surface area (Å²) in [7, 11) is 4.88. The van der Waals surface area contributed by atoms with Gasteiger partial charge >= 0.3 is 6.18 Å². The molecular formula is C18H25F3IN5O. The number of nitrogens with one attached hydrogen (secondary N) is 1. The van der Waals surface area contributed by atoms with Gasteiger partial charge in [0.15, 0.2) is 11.7 Å². The van der Waals surface area contributed by atoms with Crippen LogP contribution in [0.25, 0.3) is 0 Å². The number of nitrogens with zero attached hydrogens (tertiary/aromatic N) is 4. The lowest BCUT2D eigenvalue weighted by atomic mass is 10.2. The number of aryl methyl sites for hydroxylation is 1. The monoisotopic (exact) mass is 511 g/mol. The van der Waals surface area contributed by atoms with Crippen LogP contribution in [-0.2, 0) is 26.3 Å². The van der Waals surface area contributed by atoms with E-state index >= 15 is 0 Å². The van der Waals surface area contributed by atoms with Crippen LogP contribution >= 0.6 is 24.0 Å². The molecule has 2 aromatic rings. The van der Waals surface area contributed by atoms with Crippen LogP contribution in [0.4, 0.5) is 13.2 Å². The van der Waals surface area contributed by atoms with Crippen LogP contribution < -0.4 is 10.1 Å². The number of alkyl halides is 3. The van der Waals surface area contributed by atoms with E-state index in [1.54, 1.807) is 7.11 Å². The number of methoxy groups -OCH3 is 1. The van der Waals surface area contributed by atoms with Crippen molar-refractivity contribution in [3.63, 3.8) is 0 Å². The first kappa shape index (κ1) is 24.1. The lowest BCUT2D eigenvalue weighted by molar-refractivity contribution is -0.142. The number of halogens is 4. The Morgan fingerprint density at radius 2 is 1.96 bits per heavy atom. The third-order valence-electron chi connectivity index (χ3n) is 3.87. The Balaban J connectivity index is 0.00000392. The largest absolute Gasteiger partial charge is 0.496 e. The van der Waals surface area contributed by atoms with Crippen LogP contribution in [0.3, 0.4) is 0 Å². The van der Waals surface area contributed by atoms with Crippen LogP contribution in [0, 0.1) is 0 Å². The predicted octanol–water partition coefficient (Wildman–Crippen LogP) is 3.66. The molecule has 1 heterocycles. The molecule has 0 spiro atoms. The first-order valence-corrected chi connectivity index (χ1v) is 8.47. The van der Waals surface area contributed by atoms with Crippen molar-refractivity contribution in [3.05, 3.63) is 47.3 Å². The van der Waals surface area contributed by atoms with Crippen molar-refractivity contribution in [2.75, 3.05) is 20.7 Å². The number of hydrogen-bond acceptors (Lipinski definition) is 3. The zero-order valence-corrected chi connectivity index (χ0v) is 18.6. The molecule has 1 N–H and O–H groups in total. The Hall–Kier alpha value is -1.98. The summed E-state index contributed by atoms with van der Waals surface area (Å²) in [6.07, 6.45) is -3.16. The van der Waals surface area contributed by atoms with Gasteiger partial charge in [0.2, 0.25) is 0 Å². The summed E-state index contributed by atoms with van der Waals surface area (Å²) in [6.45, 7) is 2.86. The van der Waals surface area contributed by atoms with E-state index in [0.717, 1.165) is 16.0 Å². The van der Waals surface area contributed by atoms with Crippen molar-refractivity contribution < 1.29 is 17.9 Å². The number of rotatable bonds is 6. The van der Waals surface area contributed by atoms with Gasteiger partial charge in [0.05, 0.1) is 13.7 Å². The molecule has 156 valence electrons. The van der Waals surface area contributed by atoms with E-state index in [0.29, 0.717) is 19.0 Å². The van der Waals surface area contributed by atoms with Gasteiger partial charge in [-0.1, -0.05) is 18.2 Å². The molecule has 0 aliphatic heterocycles. The second-order valence-electron chi connectivity index (χ2n) is 6.01. The molecule has 1 aromatic carbocycles. The Labute approximate surface area is 179 Å². The molecule has 0 bridgehead atoms. The van der Waals surface area contributed by atoms with Crippen LogP contribution in [-0.4, -0.2) is 41.3 Å². The topological polar surface area (TPSA) is 54.7 Å². The van der Waals surface area contributed by atoms with Gasteiger partial charge in [-0.15, -0.1) is 24.0 Å². The Morgan fingerprint density at radius 3 is 2.57 bits per heavy atom. The number of aromatic nitrogens is 2. The van der Waals surface area contributed by atoms with Gasteiger partial charge in [0.1, 0.15) is 5.75 Å². The number of benzene rings is 1. The Morgan fingerprint density at radius 1 is 1.29 bits per heavy atom. The van der Waals surface area contributed by atoms with E-state index < -0.39 is 11.9 Å². The molecule has 6 nitrogen and oxygen atoms in total. The second kappa shape index (κ2) is 10.5. The quantitative estimate of drug-likeness (QED) is 0.366. The molecule has 0 unspecified atom stereocenters. The zero-order chi connectivity index (χ0) is 20.0. The van der Waals surface area contributed by atoms with E-state index in [1.807, 2.05) is 43.1 Å². The van der Waals surface area contributed by atoms with Gasteiger partial charge in [-0.05, 0) is 13.0 Å². The average Bonchev–Trinajstić information content (AvgIpc) is 3.00. The first-order valence-electron chi connectivity index (χ1n) is 8.47. The maximum Gasteiger partial charge on any atom is 0.435 e. The van der Waals surface area contributed by atoms with E-state index in [4.69, 9.17) is 4.74 Å². The highest BCUT2D eigenvalue weighted by Crippen LogP contribution is 2.30. The summed E-state index contributed by atoms with van der Waals surface area (Å²) >= 11 is 0. The molecule has 0 aliphatic rings. The minimum absolute atomic E-state index is 0. The molecule has 0 saturated heterocycles. The van der Waals surface area contributed by atoms with Gasteiger partial charge in [0.25, 0.3) is 0 Å². The number of aliphatic imine (C=N–C) groups is 1. The highest BCUT2D eigenvalue weighted by Gasteiger charge is 2.36. The van der Waals surface area contributed by atoms with Crippen molar-refractivity contribution in [2.45, 2.75) is 26.2 Å². The minimum Gasteiger partial charge on any atom is -0.496 e. The molecule has 0 saturated carbocycles. The number of hydrogen-bond donors (Lipinski definition) is 1. The summed E-state index contributed by atoms with van der Waals surface area (Å²) < 4.78 is 45.8. The van der Waals surface area contributed by atoms with Crippen molar-refractivity contribution >= 4 is 29.9 Å². The molecule has 1 aromatic heterocycles. The molecule has 0 atom stereocenters. The van der Waals surface area contributed by atoms with Gasteiger partial charge in [-0.25, -0.2) is 4.99 Å². The van der Waals surface area contributed by atoms with Crippen molar-refractivity contribution in [1.82, 2.24) is 20.0 Å². The van der Waals surface area contributed by atoms with Crippen LogP contribution in [0.1, 0.15) is 23.7 Å². The maximum absolute atomic E-state index is 13.1. The lowest BCUT2D eigenvalue weighted by Gasteiger charge is -2.23. The molecule has 0 fully saturated rings. The first-order chi connectivity index (χ1) is 12.8. The molecule has 2 rings (SSSR count). The number of ether oxygens (including phenoxy) is 1. The van der Waals surface area contributed by atoms with Gasteiger partial charge in [-0.3, -0.25) is 4.68 Å². The zero-order valence-electron chi connectivity index (χ0n) is 16.2. The Bertz CT molecular complexity index is 792. The molecule has 10 heteroatoms. The fourth-order valence-electron chi connectivity index (χ4n) is 2.69. The van der Waals surface area contributed by atoms with Gasteiger partial charge < -0.3 is 15.0 Å². The molecule has 28 heavy (non-hydrogen) atoms. The minimum atomic E-state index is -4.51. The third-order valence-corrected chi connectivity index (χ3v) is 3.87. The highest BCUT2D eigenvalue weighted by atomic mass is 127. The molecule has 0 radical (unpaired) electrons. The number of para-hydroxylation sites is 1. The molecule has 0 aliphatic carbocycles. The fraction of sp³-hybridized carbons (Fsp3) is 0.444. The summed E-state index contributed by atoms with van der Waals surface area (Å²) in [5.74, 6) is 1.24. The van der Waals surface area contributed by atoms with Crippen LogP contribution in [0.15, 0.2) is 35.5 Å². The SMILES string of the molecule is CCNC(=NCc1cn(C)nc1C(F)(F)F)N(C)Cc1ccccc1OC.I. The van der Waals surface area contributed by atoms with E-state index in [1.165, 1.54) is 13.2 Å². The maximum atomic E-state index is 13.1. The molecular weight excluding hydrogens is 486 g/mol. The summed E-state index contributed by atoms with van der Waals surface area (Å²) in [4.78, 5) is 6.20. The standard InChI is InChI=1S/C18H24F3N5O.HI/c1-5-22-17(25(2)11-13-8-6-7-9-15(13)27-4)23-10-14-12-26(3)24-16(14)18(19,20)21;/h6-9,12H,5,10-11H2,1-4H3,(H,22,23);1H. The van der Waals surface area contributed by atoms with Crippen LogP contribution in [0.2, 0.25) is 0 Å². The predicted molar refractivity (Wildman–Crippen MR) is 113 cm³/mol. The smallest absolute Gasteiger partial charge is 0.435 e. The Kier molecular flexibility index (Phi) is 9.05. The van der Waals surface area contributed by atoms with Gasteiger partial charge in [0, 0.05) is 44.5 Å². The van der Waals surface area contributed by atoms with E-state index in [2.05, 4.69) is 15.4 Å². The second-order valence-corrected chi connectivity index (χ2v) is 6.01. The third kappa shape index (κ3) is 6.28. The summed E-state index contributed by atoms with van der Waals surface area (Å²) in [6, 6.07) is 7.57. The number of guanidine groups is 1. The lowest BCUT2D eigenvalue weighted by Crippen LogP contribution is -2.38. The highest BCUT2D eigenvalue weighted by molar-refractivity contribution is 14.0. The normalized spacial score (nSPS) is 11.8. The molecule has 0 amide bonds. The van der Waals surface area contributed by atoms with Crippen molar-refractivity contribution in [1.29, 1.82) is 0 Å². The summed E-state index contributed by atoms with van der Waals surface area (Å²) in [5, 5.41) is 6.61. The van der Waals surface area contributed by atoms with Crippen molar-refractivity contribution in [3.8, 4) is 5.75 Å². The van der Waals surface area contributed by atoms with Crippen molar-refractivity contribution in [2.24, 2.45) is 12.0 Å². The van der Waals surface area contributed by atoms with Gasteiger partial charge in [-0.2, -0.15) is 18.3 Å². The fourth-order valence-corrected chi connectivity index (χ4v) is 2.69. The van der Waals surface area contributed by atoms with E-state index in [9.17, 15) is 13.2 Å². The van der Waals surface area contributed by atoms with Crippen LogP contribution in [0.5, 0.6) is 5.75 Å². The average molecular weight is 511 g/mol. The summed E-state index contributed by atoms with van der Waals surface area (Å²) in [5.41, 5.74) is 0.0773. The van der Waals surface area contributed by atoms with E-state index in [-0.39, 0.29) is 36.1 Å².